The quantitative estimate of drug-likeness (QED) is 0.741. The molecule has 104 valence electrons. The molecule has 0 radical (unpaired) electrons. The van der Waals surface area contributed by atoms with E-state index < -0.39 is 5.97 Å². The van der Waals surface area contributed by atoms with Gasteiger partial charge in [0, 0.05) is 24.9 Å². The summed E-state index contributed by atoms with van der Waals surface area (Å²) in [5.74, 6) is -1.43. The van der Waals surface area contributed by atoms with Crippen LogP contribution < -0.4 is 5.73 Å². The number of amides is 1. The number of aliphatic carboxylic acids is 1. The Morgan fingerprint density at radius 3 is 2.63 bits per heavy atom. The zero-order valence-corrected chi connectivity index (χ0v) is 11.0. The highest BCUT2D eigenvalue weighted by atomic mass is 16.5. The minimum absolute atomic E-state index is 0.218. The molecule has 0 aliphatic carbocycles. The number of nitrogens with two attached hydrogens (primary N) is 1. The zero-order valence-electron chi connectivity index (χ0n) is 11.0. The monoisotopic (exact) mass is 266 g/mol. The van der Waals surface area contributed by atoms with E-state index in [9.17, 15) is 9.59 Å². The molecule has 0 unspecified atom stereocenters. The lowest BCUT2D eigenvalue weighted by atomic mass is 10.1. The van der Waals surface area contributed by atoms with E-state index in [1.54, 1.807) is 18.2 Å². The molecule has 1 amide bonds. The van der Waals surface area contributed by atoms with E-state index >= 15 is 0 Å². The van der Waals surface area contributed by atoms with Crippen molar-refractivity contribution in [2.75, 3.05) is 32.5 Å². The number of hydrogen-bond acceptors (Lipinski definition) is 4. The van der Waals surface area contributed by atoms with E-state index in [1.807, 2.05) is 6.92 Å². The SMILES string of the molecule is COCCN(CC(=O)O)C(=O)c1ccc(C)c(N)c1. The second kappa shape index (κ2) is 6.75. The number of nitrogen functional groups attached to an aromatic ring is 1. The van der Waals surface area contributed by atoms with Crippen LogP contribution in [-0.4, -0.2) is 48.7 Å². The Hall–Kier alpha value is -2.08. The van der Waals surface area contributed by atoms with Crippen molar-refractivity contribution in [3.8, 4) is 0 Å². The van der Waals surface area contributed by atoms with Crippen molar-refractivity contribution in [2.24, 2.45) is 0 Å². The van der Waals surface area contributed by atoms with Crippen LogP contribution in [0.4, 0.5) is 5.69 Å². The topological polar surface area (TPSA) is 92.9 Å². The van der Waals surface area contributed by atoms with E-state index in [0.29, 0.717) is 11.3 Å². The number of rotatable bonds is 6. The molecule has 0 aliphatic rings. The highest BCUT2D eigenvalue weighted by Crippen LogP contribution is 2.14. The molecule has 0 saturated carbocycles. The van der Waals surface area contributed by atoms with Crippen molar-refractivity contribution in [2.45, 2.75) is 6.92 Å². The van der Waals surface area contributed by atoms with E-state index in [0.717, 1.165) is 5.56 Å². The fourth-order valence-corrected chi connectivity index (χ4v) is 1.57. The molecule has 0 aromatic heterocycles. The number of benzene rings is 1. The predicted octanol–water partition coefficient (Wildman–Crippen LogP) is 0.750. The van der Waals surface area contributed by atoms with Gasteiger partial charge in [0.1, 0.15) is 6.54 Å². The molecule has 1 aromatic carbocycles. The number of carboxylic acids is 1. The third kappa shape index (κ3) is 4.26. The lowest BCUT2D eigenvalue weighted by molar-refractivity contribution is -0.137. The molecule has 0 fully saturated rings. The standard InChI is InChI=1S/C13H18N2O4/c1-9-3-4-10(7-11(9)14)13(18)15(5-6-19-2)8-12(16)17/h3-4,7H,5-6,8,14H2,1-2H3,(H,16,17). The lowest BCUT2D eigenvalue weighted by Gasteiger charge is -2.20. The number of carboxylic acid groups (broad SMARTS) is 1. The highest BCUT2D eigenvalue weighted by Gasteiger charge is 2.18. The second-order valence-corrected chi connectivity index (χ2v) is 4.18. The number of anilines is 1. The van der Waals surface area contributed by atoms with E-state index in [2.05, 4.69) is 0 Å². The Bertz CT molecular complexity index is 474. The first kappa shape index (κ1) is 15.0. The maximum Gasteiger partial charge on any atom is 0.323 e. The van der Waals surface area contributed by atoms with E-state index in [1.165, 1.54) is 12.0 Å². The minimum Gasteiger partial charge on any atom is -0.480 e. The van der Waals surface area contributed by atoms with Crippen molar-refractivity contribution in [3.05, 3.63) is 29.3 Å². The predicted molar refractivity (Wildman–Crippen MR) is 71.0 cm³/mol. The van der Waals surface area contributed by atoms with Crippen molar-refractivity contribution in [1.82, 2.24) is 4.90 Å². The lowest BCUT2D eigenvalue weighted by Crippen LogP contribution is -2.38. The molecule has 1 aromatic rings. The van der Waals surface area contributed by atoms with Gasteiger partial charge in [-0.1, -0.05) is 6.07 Å². The summed E-state index contributed by atoms with van der Waals surface area (Å²) in [4.78, 5) is 24.2. The molecule has 0 bridgehead atoms. The summed E-state index contributed by atoms with van der Waals surface area (Å²) >= 11 is 0. The summed E-state index contributed by atoms with van der Waals surface area (Å²) in [5.41, 5.74) is 7.50. The van der Waals surface area contributed by atoms with Gasteiger partial charge in [0.15, 0.2) is 0 Å². The van der Waals surface area contributed by atoms with Crippen molar-refractivity contribution in [1.29, 1.82) is 0 Å². The smallest absolute Gasteiger partial charge is 0.323 e. The first-order valence-corrected chi connectivity index (χ1v) is 5.82. The molecule has 0 saturated heterocycles. The second-order valence-electron chi connectivity index (χ2n) is 4.18. The third-order valence-electron chi connectivity index (χ3n) is 2.70. The molecule has 3 N–H and O–H groups in total. The van der Waals surface area contributed by atoms with Gasteiger partial charge in [-0.2, -0.15) is 0 Å². The van der Waals surface area contributed by atoms with Crippen LogP contribution in [0.3, 0.4) is 0 Å². The molecular formula is C13H18N2O4. The van der Waals surface area contributed by atoms with Crippen LogP contribution in [-0.2, 0) is 9.53 Å². The number of aryl methyl sites for hydroxylation is 1. The molecular weight excluding hydrogens is 248 g/mol. The highest BCUT2D eigenvalue weighted by molar-refractivity contribution is 5.96. The molecule has 19 heavy (non-hydrogen) atoms. The van der Waals surface area contributed by atoms with Crippen molar-refractivity contribution >= 4 is 17.6 Å². The van der Waals surface area contributed by atoms with Gasteiger partial charge in [0.05, 0.1) is 6.61 Å². The fraction of sp³-hybridized carbons (Fsp3) is 0.385. The molecule has 0 aliphatic heterocycles. The molecule has 1 rings (SSSR count). The number of carbonyl (C=O) groups is 2. The summed E-state index contributed by atoms with van der Waals surface area (Å²) in [7, 11) is 1.49. The van der Waals surface area contributed by atoms with Gasteiger partial charge in [-0.3, -0.25) is 9.59 Å². The third-order valence-corrected chi connectivity index (χ3v) is 2.70. The van der Waals surface area contributed by atoms with Crippen LogP contribution in [0.1, 0.15) is 15.9 Å². The Balaban J connectivity index is 2.90. The van der Waals surface area contributed by atoms with Crippen LogP contribution in [0, 0.1) is 6.92 Å². The number of hydrogen-bond donors (Lipinski definition) is 2. The maximum atomic E-state index is 12.2. The van der Waals surface area contributed by atoms with Gasteiger partial charge in [-0.25, -0.2) is 0 Å². The van der Waals surface area contributed by atoms with Gasteiger partial charge < -0.3 is 20.5 Å². The van der Waals surface area contributed by atoms with Crippen LogP contribution in [0.25, 0.3) is 0 Å². The van der Waals surface area contributed by atoms with Crippen LogP contribution in [0.5, 0.6) is 0 Å². The summed E-state index contributed by atoms with van der Waals surface area (Å²) < 4.78 is 4.87. The van der Waals surface area contributed by atoms with E-state index in [-0.39, 0.29) is 25.6 Å². The molecule has 0 atom stereocenters. The molecule has 0 spiro atoms. The normalized spacial score (nSPS) is 10.2. The van der Waals surface area contributed by atoms with Crippen LogP contribution in [0.2, 0.25) is 0 Å². The first-order chi connectivity index (χ1) is 8.95. The Morgan fingerprint density at radius 1 is 1.42 bits per heavy atom. The zero-order chi connectivity index (χ0) is 14.4. The van der Waals surface area contributed by atoms with Gasteiger partial charge in [-0.15, -0.1) is 0 Å². The van der Waals surface area contributed by atoms with Gasteiger partial charge in [0.2, 0.25) is 0 Å². The molecule has 6 heteroatoms. The summed E-state index contributed by atoms with van der Waals surface area (Å²) in [6.45, 7) is 1.97. The average molecular weight is 266 g/mol. The first-order valence-electron chi connectivity index (χ1n) is 5.82. The summed E-state index contributed by atoms with van der Waals surface area (Å²) in [5, 5.41) is 8.82. The fourth-order valence-electron chi connectivity index (χ4n) is 1.57. The number of carbonyl (C=O) groups excluding carboxylic acids is 1. The van der Waals surface area contributed by atoms with Crippen LogP contribution >= 0.6 is 0 Å². The maximum absolute atomic E-state index is 12.2. The summed E-state index contributed by atoms with van der Waals surface area (Å²) in [6, 6.07) is 4.92. The van der Waals surface area contributed by atoms with Gasteiger partial charge in [0.25, 0.3) is 5.91 Å². The molecule has 0 heterocycles. The Morgan fingerprint density at radius 2 is 2.11 bits per heavy atom. The summed E-state index contributed by atoms with van der Waals surface area (Å²) in [6.07, 6.45) is 0. The average Bonchev–Trinajstić information content (AvgIpc) is 2.36. The van der Waals surface area contributed by atoms with Crippen molar-refractivity contribution in [3.63, 3.8) is 0 Å². The number of ether oxygens (including phenoxy) is 1. The number of nitrogens with zero attached hydrogens (tertiary/aromatic N) is 1. The van der Waals surface area contributed by atoms with Crippen molar-refractivity contribution < 1.29 is 19.4 Å². The number of methoxy groups -OCH3 is 1. The van der Waals surface area contributed by atoms with Gasteiger partial charge in [-0.05, 0) is 24.6 Å². The Labute approximate surface area is 111 Å². The largest absolute Gasteiger partial charge is 0.480 e. The van der Waals surface area contributed by atoms with Crippen LogP contribution in [0.15, 0.2) is 18.2 Å². The minimum atomic E-state index is -1.07. The Kier molecular flexibility index (Phi) is 5.32. The van der Waals surface area contributed by atoms with Gasteiger partial charge >= 0.3 is 5.97 Å². The van der Waals surface area contributed by atoms with E-state index in [4.69, 9.17) is 15.6 Å². The molecule has 6 nitrogen and oxygen atoms in total.